The fraction of sp³-hybridized carbons (Fsp3) is 0.667. The summed E-state index contributed by atoms with van der Waals surface area (Å²) in [6.07, 6.45) is 4.84. The van der Waals surface area contributed by atoms with Crippen LogP contribution in [-0.2, 0) is 4.74 Å². The van der Waals surface area contributed by atoms with Gasteiger partial charge in [0.2, 0.25) is 0 Å². The first-order valence-electron chi connectivity index (χ1n) is 9.53. The fourth-order valence-electron chi connectivity index (χ4n) is 4.76. The lowest BCUT2D eigenvalue weighted by atomic mass is 9.61. The van der Waals surface area contributed by atoms with Crippen molar-refractivity contribution in [1.82, 2.24) is 10.2 Å². The zero-order chi connectivity index (χ0) is 18.1. The average Bonchev–Trinajstić information content (AvgIpc) is 2.60. The molecule has 1 aromatic carbocycles. The summed E-state index contributed by atoms with van der Waals surface area (Å²) in [6, 6.07) is 9.36. The third-order valence-electron chi connectivity index (χ3n) is 6.64. The summed E-state index contributed by atoms with van der Waals surface area (Å²) in [6.45, 7) is 8.45. The van der Waals surface area contributed by atoms with Gasteiger partial charge < -0.3 is 10.1 Å². The van der Waals surface area contributed by atoms with E-state index in [1.807, 2.05) is 30.3 Å². The third kappa shape index (κ3) is 3.61. The molecule has 138 valence electrons. The normalized spacial score (nSPS) is 31.0. The first kappa shape index (κ1) is 18.4. The van der Waals surface area contributed by atoms with Crippen molar-refractivity contribution < 1.29 is 9.53 Å². The number of ether oxygens (including phenoxy) is 1. The second-order valence-electron chi connectivity index (χ2n) is 8.44. The molecular formula is C21H32N2O2. The van der Waals surface area contributed by atoms with Gasteiger partial charge in [-0.1, -0.05) is 18.2 Å². The monoisotopic (exact) mass is 344 g/mol. The van der Waals surface area contributed by atoms with Gasteiger partial charge in [0.15, 0.2) is 0 Å². The van der Waals surface area contributed by atoms with E-state index < -0.39 is 0 Å². The van der Waals surface area contributed by atoms with E-state index in [9.17, 15) is 4.79 Å². The highest BCUT2D eigenvalue weighted by atomic mass is 16.5. The lowest BCUT2D eigenvalue weighted by Gasteiger charge is -2.63. The maximum absolute atomic E-state index is 12.0. The Morgan fingerprint density at radius 3 is 2.68 bits per heavy atom. The predicted molar refractivity (Wildman–Crippen MR) is 101 cm³/mol. The third-order valence-corrected chi connectivity index (χ3v) is 6.64. The van der Waals surface area contributed by atoms with Crippen LogP contribution in [0.4, 0.5) is 0 Å². The molecule has 1 amide bonds. The quantitative estimate of drug-likeness (QED) is 0.804. The summed E-state index contributed by atoms with van der Waals surface area (Å²) in [5.74, 6) is 0.589. The van der Waals surface area contributed by atoms with E-state index in [2.05, 4.69) is 38.0 Å². The molecule has 3 atom stereocenters. The standard InChI is InChI=1S/C21H32N2O2/c1-20(2)17-11-12-21(3,23(20)4)15-18(17)25-14-8-13-22-19(24)16-9-6-5-7-10-16/h5-7,9-10,17-18H,8,11-15H2,1-4H3,(H,22,24). The highest BCUT2D eigenvalue weighted by molar-refractivity contribution is 5.94. The average molecular weight is 344 g/mol. The maximum Gasteiger partial charge on any atom is 0.251 e. The summed E-state index contributed by atoms with van der Waals surface area (Å²) in [5, 5.41) is 2.97. The van der Waals surface area contributed by atoms with Crippen LogP contribution in [0.3, 0.4) is 0 Å². The van der Waals surface area contributed by atoms with Gasteiger partial charge in [0.05, 0.1) is 6.10 Å². The highest BCUT2D eigenvalue weighted by Gasteiger charge is 2.56. The highest BCUT2D eigenvalue weighted by Crippen LogP contribution is 2.51. The molecule has 4 rings (SSSR count). The first-order valence-corrected chi connectivity index (χ1v) is 9.53. The Morgan fingerprint density at radius 1 is 1.28 bits per heavy atom. The van der Waals surface area contributed by atoms with Crippen LogP contribution in [0.5, 0.6) is 0 Å². The zero-order valence-electron chi connectivity index (χ0n) is 16.0. The van der Waals surface area contributed by atoms with E-state index >= 15 is 0 Å². The Balaban J connectivity index is 1.43. The Morgan fingerprint density at radius 2 is 2.00 bits per heavy atom. The molecule has 0 aromatic heterocycles. The predicted octanol–water partition coefficient (Wildman–Crippen LogP) is 3.47. The van der Waals surface area contributed by atoms with Crippen LogP contribution in [0.1, 0.15) is 56.8 Å². The molecule has 4 nitrogen and oxygen atoms in total. The Labute approximate surface area is 151 Å². The second-order valence-corrected chi connectivity index (χ2v) is 8.44. The molecule has 2 bridgehead atoms. The summed E-state index contributed by atoms with van der Waals surface area (Å²) < 4.78 is 6.28. The minimum absolute atomic E-state index is 0.00686. The number of carbonyl (C=O) groups is 1. The van der Waals surface area contributed by atoms with Gasteiger partial charge in [-0.3, -0.25) is 9.69 Å². The topological polar surface area (TPSA) is 41.6 Å². The van der Waals surface area contributed by atoms with Gasteiger partial charge in [0, 0.05) is 35.7 Å². The summed E-state index contributed by atoms with van der Waals surface area (Å²) in [4.78, 5) is 14.6. The van der Waals surface area contributed by atoms with Gasteiger partial charge in [0.25, 0.3) is 5.91 Å². The first-order chi connectivity index (χ1) is 11.8. The van der Waals surface area contributed by atoms with E-state index in [4.69, 9.17) is 4.74 Å². The van der Waals surface area contributed by atoms with Gasteiger partial charge in [-0.2, -0.15) is 0 Å². The number of piperidine rings is 2. The molecule has 3 unspecified atom stereocenters. The van der Waals surface area contributed by atoms with Crippen molar-refractivity contribution >= 4 is 5.91 Å². The number of nitrogens with one attached hydrogen (secondary N) is 1. The van der Waals surface area contributed by atoms with Crippen LogP contribution >= 0.6 is 0 Å². The minimum atomic E-state index is -0.00686. The molecule has 0 radical (unpaired) electrons. The molecule has 0 spiro atoms. The Hall–Kier alpha value is -1.39. The number of fused-ring (bicyclic) bond motifs is 3. The van der Waals surface area contributed by atoms with Crippen LogP contribution in [0.2, 0.25) is 0 Å². The molecule has 2 saturated heterocycles. The molecule has 3 aliphatic rings. The van der Waals surface area contributed by atoms with Crippen LogP contribution in [-0.4, -0.2) is 48.2 Å². The lowest BCUT2D eigenvalue weighted by molar-refractivity contribution is -0.178. The molecular weight excluding hydrogens is 312 g/mol. The smallest absolute Gasteiger partial charge is 0.251 e. The van der Waals surface area contributed by atoms with Gasteiger partial charge >= 0.3 is 0 Å². The van der Waals surface area contributed by atoms with Gasteiger partial charge in [-0.25, -0.2) is 0 Å². The number of hydrogen-bond donors (Lipinski definition) is 1. The van der Waals surface area contributed by atoms with E-state index in [0.717, 1.165) is 12.8 Å². The molecule has 4 heteroatoms. The van der Waals surface area contributed by atoms with Crippen molar-refractivity contribution in [3.63, 3.8) is 0 Å². The van der Waals surface area contributed by atoms with Crippen molar-refractivity contribution in [1.29, 1.82) is 0 Å². The van der Waals surface area contributed by atoms with Crippen LogP contribution < -0.4 is 5.32 Å². The maximum atomic E-state index is 12.0. The molecule has 1 N–H and O–H groups in total. The fourth-order valence-corrected chi connectivity index (χ4v) is 4.76. The summed E-state index contributed by atoms with van der Waals surface area (Å²) in [7, 11) is 2.27. The number of rotatable bonds is 6. The Kier molecular flexibility index (Phi) is 5.21. The molecule has 1 aliphatic carbocycles. The summed E-state index contributed by atoms with van der Waals surface area (Å²) >= 11 is 0. The van der Waals surface area contributed by atoms with Crippen LogP contribution in [0, 0.1) is 5.92 Å². The molecule has 1 saturated carbocycles. The zero-order valence-corrected chi connectivity index (χ0v) is 16.0. The minimum Gasteiger partial charge on any atom is -0.378 e. The molecule has 1 aromatic rings. The van der Waals surface area contributed by atoms with Crippen LogP contribution in [0.15, 0.2) is 30.3 Å². The number of benzene rings is 1. The Bertz CT molecular complexity index is 596. The van der Waals surface area contributed by atoms with E-state index in [1.165, 1.54) is 12.8 Å². The van der Waals surface area contributed by atoms with Crippen molar-refractivity contribution in [2.75, 3.05) is 20.2 Å². The number of carbonyl (C=O) groups excluding carboxylic acids is 1. The van der Waals surface area contributed by atoms with Gasteiger partial charge in [0.1, 0.15) is 0 Å². The van der Waals surface area contributed by atoms with E-state index in [0.29, 0.717) is 30.7 Å². The number of nitrogens with zero attached hydrogens (tertiary/aromatic N) is 1. The summed E-state index contributed by atoms with van der Waals surface area (Å²) in [5.41, 5.74) is 1.16. The molecule has 3 fully saturated rings. The number of amides is 1. The molecule has 2 heterocycles. The van der Waals surface area contributed by atoms with Crippen molar-refractivity contribution in [2.24, 2.45) is 5.92 Å². The van der Waals surface area contributed by atoms with Crippen molar-refractivity contribution in [3.05, 3.63) is 35.9 Å². The molecule has 25 heavy (non-hydrogen) atoms. The SMILES string of the molecule is CN1C2(C)CCC(C(OCCCNC(=O)c3ccccc3)C2)C1(C)C. The van der Waals surface area contributed by atoms with Crippen molar-refractivity contribution in [2.45, 2.75) is 63.6 Å². The molecule has 2 aliphatic heterocycles. The van der Waals surface area contributed by atoms with Crippen LogP contribution in [0.25, 0.3) is 0 Å². The van der Waals surface area contributed by atoms with Crippen molar-refractivity contribution in [3.8, 4) is 0 Å². The lowest BCUT2D eigenvalue weighted by Crippen LogP contribution is -2.70. The second kappa shape index (κ2) is 7.08. The number of hydrogen-bond acceptors (Lipinski definition) is 3. The van der Waals surface area contributed by atoms with Gasteiger partial charge in [-0.15, -0.1) is 0 Å². The van der Waals surface area contributed by atoms with Gasteiger partial charge in [-0.05, 0) is 65.6 Å². The largest absolute Gasteiger partial charge is 0.378 e. The van der Waals surface area contributed by atoms with E-state index in [-0.39, 0.29) is 17.0 Å². The van der Waals surface area contributed by atoms with E-state index in [1.54, 1.807) is 0 Å².